The molecule has 0 saturated carbocycles. The van der Waals surface area contributed by atoms with Gasteiger partial charge in [-0.15, -0.1) is 0 Å². The third-order valence-electron chi connectivity index (χ3n) is 5.09. The van der Waals surface area contributed by atoms with Crippen molar-refractivity contribution in [1.29, 1.82) is 0 Å². The average Bonchev–Trinajstić information content (AvgIpc) is 2.76. The Morgan fingerprint density at radius 1 is 1.12 bits per heavy atom. The van der Waals surface area contributed by atoms with Crippen LogP contribution in [0, 0.1) is 5.92 Å². The average molecular weight is 352 g/mol. The first-order valence-electron chi connectivity index (χ1n) is 8.41. The van der Waals surface area contributed by atoms with Crippen LogP contribution in [0.4, 0.5) is 0 Å². The van der Waals surface area contributed by atoms with Gasteiger partial charge in [-0.2, -0.15) is 4.31 Å². The summed E-state index contributed by atoms with van der Waals surface area (Å²) in [7, 11) is -3.21. The molecule has 7 heteroatoms. The molecular weight excluding hydrogens is 328 g/mol. The van der Waals surface area contributed by atoms with Gasteiger partial charge in [0, 0.05) is 31.2 Å². The zero-order valence-electron chi connectivity index (χ0n) is 13.9. The number of hydrogen-bond donors (Lipinski definition) is 1. The minimum absolute atomic E-state index is 0.00590. The van der Waals surface area contributed by atoms with Gasteiger partial charge in [0.05, 0.1) is 6.26 Å². The highest BCUT2D eigenvalue weighted by Crippen LogP contribution is 2.32. The molecule has 1 N–H and O–H groups in total. The van der Waals surface area contributed by atoms with Crippen LogP contribution in [0.15, 0.2) is 24.3 Å². The van der Waals surface area contributed by atoms with Crippen molar-refractivity contribution < 1.29 is 18.3 Å². The molecular formula is C17H24N2O4S. The number of likely N-dealkylation sites (tertiary alicyclic amines) is 1. The van der Waals surface area contributed by atoms with Gasteiger partial charge in [-0.05, 0) is 49.4 Å². The van der Waals surface area contributed by atoms with Gasteiger partial charge in [0.25, 0.3) is 5.91 Å². The molecule has 0 aromatic heterocycles. The first-order chi connectivity index (χ1) is 11.4. The molecule has 0 aliphatic carbocycles. The summed E-state index contributed by atoms with van der Waals surface area (Å²) in [4.78, 5) is 14.5. The Kier molecular flexibility index (Phi) is 4.83. The summed E-state index contributed by atoms with van der Waals surface area (Å²) in [5.41, 5.74) is 0.555. The van der Waals surface area contributed by atoms with Gasteiger partial charge in [0.1, 0.15) is 5.75 Å². The Morgan fingerprint density at radius 3 is 2.50 bits per heavy atom. The molecule has 1 aromatic carbocycles. The van der Waals surface area contributed by atoms with Crippen LogP contribution in [0.2, 0.25) is 0 Å². The highest BCUT2D eigenvalue weighted by Gasteiger charge is 2.39. The molecule has 0 spiro atoms. The van der Waals surface area contributed by atoms with Crippen LogP contribution in [0.5, 0.6) is 5.75 Å². The molecule has 2 atom stereocenters. The van der Waals surface area contributed by atoms with Crippen molar-refractivity contribution in [2.75, 3.05) is 25.9 Å². The molecule has 2 saturated heterocycles. The van der Waals surface area contributed by atoms with E-state index < -0.39 is 10.0 Å². The topological polar surface area (TPSA) is 77.9 Å². The molecule has 2 heterocycles. The predicted octanol–water partition coefficient (Wildman–Crippen LogP) is 1.67. The van der Waals surface area contributed by atoms with Crippen molar-refractivity contribution in [3.05, 3.63) is 29.8 Å². The van der Waals surface area contributed by atoms with E-state index in [0.29, 0.717) is 31.6 Å². The molecule has 0 radical (unpaired) electrons. The lowest BCUT2D eigenvalue weighted by atomic mass is 9.89. The van der Waals surface area contributed by atoms with E-state index in [4.69, 9.17) is 0 Å². The number of nitrogens with zero attached hydrogens (tertiary/aromatic N) is 2. The van der Waals surface area contributed by atoms with E-state index in [1.165, 1.54) is 18.4 Å². The van der Waals surface area contributed by atoms with Crippen LogP contribution in [0.1, 0.15) is 36.0 Å². The van der Waals surface area contributed by atoms with Crippen molar-refractivity contribution >= 4 is 15.9 Å². The lowest BCUT2D eigenvalue weighted by Crippen LogP contribution is -2.53. The Hall–Kier alpha value is -1.60. The number of benzene rings is 1. The fourth-order valence-corrected chi connectivity index (χ4v) is 5.14. The van der Waals surface area contributed by atoms with Crippen LogP contribution in [0.25, 0.3) is 0 Å². The van der Waals surface area contributed by atoms with Crippen LogP contribution >= 0.6 is 0 Å². The number of hydrogen-bond acceptors (Lipinski definition) is 4. The van der Waals surface area contributed by atoms with E-state index in [0.717, 1.165) is 19.3 Å². The van der Waals surface area contributed by atoms with Gasteiger partial charge in [-0.25, -0.2) is 8.42 Å². The number of carbonyl (C=O) groups excluding carboxylic acids is 1. The number of rotatable bonds is 2. The number of amides is 1. The predicted molar refractivity (Wildman–Crippen MR) is 91.3 cm³/mol. The number of sulfonamides is 1. The minimum Gasteiger partial charge on any atom is -0.508 e. The highest BCUT2D eigenvalue weighted by molar-refractivity contribution is 7.88. The third kappa shape index (κ3) is 3.57. The Balaban J connectivity index is 1.76. The Labute approximate surface area is 143 Å². The molecule has 6 nitrogen and oxygen atoms in total. The smallest absolute Gasteiger partial charge is 0.253 e. The molecule has 0 unspecified atom stereocenters. The maximum atomic E-state index is 12.7. The standard InChI is InChI=1S/C17H24N2O4S/c1-24(22,23)19-10-3-2-4-14-12-18(11-9-16(14)19)17(21)13-5-7-15(20)8-6-13/h5-8,14,16,20H,2-4,9-12H2,1H3/t14-,16+/m0/s1. The van der Waals surface area contributed by atoms with Gasteiger partial charge < -0.3 is 10.0 Å². The number of phenols is 1. The first-order valence-corrected chi connectivity index (χ1v) is 10.3. The van der Waals surface area contributed by atoms with Crippen molar-refractivity contribution in [3.8, 4) is 5.75 Å². The van der Waals surface area contributed by atoms with Gasteiger partial charge in [0.2, 0.25) is 10.0 Å². The van der Waals surface area contributed by atoms with Crippen LogP contribution in [0.3, 0.4) is 0 Å². The maximum Gasteiger partial charge on any atom is 0.253 e. The SMILES string of the molecule is CS(=O)(=O)N1CCCC[C@H]2CN(C(=O)c3ccc(O)cc3)CC[C@H]21. The van der Waals surface area contributed by atoms with E-state index >= 15 is 0 Å². The van der Waals surface area contributed by atoms with Crippen molar-refractivity contribution in [2.24, 2.45) is 5.92 Å². The molecule has 132 valence electrons. The molecule has 2 fully saturated rings. The zero-order chi connectivity index (χ0) is 17.3. The number of phenolic OH excluding ortho intramolecular Hbond substituents is 1. The third-order valence-corrected chi connectivity index (χ3v) is 6.40. The Morgan fingerprint density at radius 2 is 1.83 bits per heavy atom. The summed E-state index contributed by atoms with van der Waals surface area (Å²) in [5, 5.41) is 9.35. The van der Waals surface area contributed by atoms with Gasteiger partial charge >= 0.3 is 0 Å². The van der Waals surface area contributed by atoms with Crippen LogP contribution in [-0.2, 0) is 10.0 Å². The van der Waals surface area contributed by atoms with Crippen molar-refractivity contribution in [3.63, 3.8) is 0 Å². The summed E-state index contributed by atoms with van der Waals surface area (Å²) in [6, 6.07) is 6.28. The van der Waals surface area contributed by atoms with Crippen molar-refractivity contribution in [1.82, 2.24) is 9.21 Å². The highest BCUT2D eigenvalue weighted by atomic mass is 32.2. The van der Waals surface area contributed by atoms with Gasteiger partial charge in [-0.3, -0.25) is 4.79 Å². The largest absolute Gasteiger partial charge is 0.508 e. The first kappa shape index (κ1) is 17.2. The molecule has 3 rings (SSSR count). The minimum atomic E-state index is -3.21. The molecule has 1 aromatic rings. The number of carbonyl (C=O) groups is 1. The fourth-order valence-electron chi connectivity index (χ4n) is 3.91. The van der Waals surface area contributed by atoms with Crippen LogP contribution in [-0.4, -0.2) is 60.6 Å². The second-order valence-corrected chi connectivity index (χ2v) is 8.72. The fraction of sp³-hybridized carbons (Fsp3) is 0.588. The van der Waals surface area contributed by atoms with E-state index in [9.17, 15) is 18.3 Å². The summed E-state index contributed by atoms with van der Waals surface area (Å²) < 4.78 is 25.8. The summed E-state index contributed by atoms with van der Waals surface area (Å²) >= 11 is 0. The summed E-state index contributed by atoms with van der Waals surface area (Å²) in [5.74, 6) is 0.276. The van der Waals surface area contributed by atoms with E-state index in [-0.39, 0.29) is 23.6 Å². The van der Waals surface area contributed by atoms with E-state index in [1.54, 1.807) is 16.4 Å². The lowest BCUT2D eigenvalue weighted by molar-refractivity contribution is 0.0576. The number of aromatic hydroxyl groups is 1. The van der Waals surface area contributed by atoms with E-state index in [2.05, 4.69) is 0 Å². The second-order valence-electron chi connectivity index (χ2n) is 6.78. The quantitative estimate of drug-likeness (QED) is 0.878. The second kappa shape index (κ2) is 6.72. The van der Waals surface area contributed by atoms with E-state index in [1.807, 2.05) is 4.90 Å². The number of piperidine rings is 1. The molecule has 0 bridgehead atoms. The monoisotopic (exact) mass is 352 g/mol. The molecule has 24 heavy (non-hydrogen) atoms. The molecule has 2 aliphatic rings. The zero-order valence-corrected chi connectivity index (χ0v) is 14.7. The van der Waals surface area contributed by atoms with Crippen LogP contribution < -0.4 is 0 Å². The van der Waals surface area contributed by atoms with Crippen molar-refractivity contribution in [2.45, 2.75) is 31.7 Å². The Bertz CT molecular complexity index is 702. The molecule has 2 aliphatic heterocycles. The normalized spacial score (nSPS) is 25.8. The summed E-state index contributed by atoms with van der Waals surface area (Å²) in [6.45, 7) is 1.75. The maximum absolute atomic E-state index is 12.7. The summed E-state index contributed by atoms with van der Waals surface area (Å²) in [6.07, 6.45) is 4.79. The molecule has 1 amide bonds. The number of fused-ring (bicyclic) bond motifs is 1. The van der Waals surface area contributed by atoms with Gasteiger partial charge in [0.15, 0.2) is 0 Å². The lowest BCUT2D eigenvalue weighted by Gasteiger charge is -2.41. The van der Waals surface area contributed by atoms with Gasteiger partial charge in [-0.1, -0.05) is 6.42 Å².